The van der Waals surface area contributed by atoms with Crippen LogP contribution in [0.2, 0.25) is 0 Å². The van der Waals surface area contributed by atoms with E-state index < -0.39 is 4.92 Å². The summed E-state index contributed by atoms with van der Waals surface area (Å²) in [7, 11) is 1.46. The second-order valence-corrected chi connectivity index (χ2v) is 2.94. The molecule has 74 valence electrons. The predicted molar refractivity (Wildman–Crippen MR) is 55.5 cm³/mol. The molecular formula is C8H8N2O3S. The summed E-state index contributed by atoms with van der Waals surface area (Å²) in [5, 5.41) is 10.6. The Bertz CT molecular complexity index is 392. The summed E-state index contributed by atoms with van der Waals surface area (Å²) in [5.74, 6) is 0.485. The molecule has 0 aliphatic carbocycles. The third-order valence-corrected chi connectivity index (χ3v) is 1.89. The molecule has 0 heterocycles. The van der Waals surface area contributed by atoms with E-state index in [2.05, 4.69) is 0 Å². The quantitative estimate of drug-likeness (QED) is 0.463. The molecule has 14 heavy (non-hydrogen) atoms. The van der Waals surface area contributed by atoms with Crippen LogP contribution in [0, 0.1) is 10.1 Å². The largest absolute Gasteiger partial charge is 0.497 e. The molecule has 5 nitrogen and oxygen atoms in total. The predicted octanol–water partition coefficient (Wildman–Crippen LogP) is 1.24. The summed E-state index contributed by atoms with van der Waals surface area (Å²) in [5.41, 5.74) is 5.45. The summed E-state index contributed by atoms with van der Waals surface area (Å²) in [6.07, 6.45) is 0. The monoisotopic (exact) mass is 212 g/mol. The lowest BCUT2D eigenvalue weighted by Gasteiger charge is -2.03. The molecule has 1 rings (SSSR count). The minimum absolute atomic E-state index is 0.0180. The molecule has 0 fully saturated rings. The molecule has 0 aliphatic rings. The Hall–Kier alpha value is -1.69. The molecule has 0 saturated carbocycles. The standard InChI is InChI=1S/C8H8N2O3S/c1-13-5-2-3-7(10(11)12)6(4-5)8(9)14/h2-4H,1H3,(H2,9,14). The zero-order valence-corrected chi connectivity index (χ0v) is 8.21. The Morgan fingerprint density at radius 2 is 2.29 bits per heavy atom. The number of nitro groups is 1. The molecule has 1 aromatic rings. The molecule has 0 unspecified atom stereocenters. The van der Waals surface area contributed by atoms with Gasteiger partial charge in [-0.2, -0.15) is 0 Å². The van der Waals surface area contributed by atoms with E-state index in [0.29, 0.717) is 5.75 Å². The van der Waals surface area contributed by atoms with Crippen molar-refractivity contribution in [2.75, 3.05) is 7.11 Å². The minimum Gasteiger partial charge on any atom is -0.497 e. The van der Waals surface area contributed by atoms with Gasteiger partial charge in [-0.1, -0.05) is 12.2 Å². The lowest BCUT2D eigenvalue weighted by Crippen LogP contribution is -2.12. The summed E-state index contributed by atoms with van der Waals surface area (Å²) < 4.78 is 4.90. The van der Waals surface area contributed by atoms with E-state index in [4.69, 9.17) is 22.7 Å². The second-order valence-electron chi connectivity index (χ2n) is 2.50. The van der Waals surface area contributed by atoms with Gasteiger partial charge in [0, 0.05) is 6.07 Å². The van der Waals surface area contributed by atoms with Crippen LogP contribution >= 0.6 is 12.2 Å². The Morgan fingerprint density at radius 3 is 2.71 bits per heavy atom. The summed E-state index contributed by atoms with van der Waals surface area (Å²) in [6.45, 7) is 0. The first-order valence-corrected chi connectivity index (χ1v) is 4.09. The molecule has 0 bridgehead atoms. The molecule has 0 aliphatic heterocycles. The maximum atomic E-state index is 10.6. The highest BCUT2D eigenvalue weighted by molar-refractivity contribution is 7.80. The average molecular weight is 212 g/mol. The fraction of sp³-hybridized carbons (Fsp3) is 0.125. The smallest absolute Gasteiger partial charge is 0.279 e. The van der Waals surface area contributed by atoms with Crippen LogP contribution in [0.4, 0.5) is 5.69 Å². The lowest BCUT2D eigenvalue weighted by atomic mass is 10.1. The van der Waals surface area contributed by atoms with Crippen LogP contribution < -0.4 is 10.5 Å². The van der Waals surface area contributed by atoms with E-state index in [0.717, 1.165) is 0 Å². The van der Waals surface area contributed by atoms with Crippen molar-refractivity contribution in [2.24, 2.45) is 5.73 Å². The molecule has 6 heteroatoms. The molecule has 0 saturated heterocycles. The first-order valence-electron chi connectivity index (χ1n) is 3.68. The highest BCUT2D eigenvalue weighted by atomic mass is 32.1. The Labute approximate surface area is 85.6 Å². The van der Waals surface area contributed by atoms with Crippen molar-refractivity contribution < 1.29 is 9.66 Å². The van der Waals surface area contributed by atoms with Crippen LogP contribution in [0.15, 0.2) is 18.2 Å². The first kappa shape index (κ1) is 10.4. The second kappa shape index (κ2) is 4.01. The Balaban J connectivity index is 3.31. The molecule has 0 aromatic heterocycles. The Kier molecular flexibility index (Phi) is 2.98. The molecule has 0 spiro atoms. The van der Waals surface area contributed by atoms with Gasteiger partial charge in [-0.05, 0) is 12.1 Å². The number of hydrogen-bond donors (Lipinski definition) is 1. The van der Waals surface area contributed by atoms with Gasteiger partial charge < -0.3 is 10.5 Å². The highest BCUT2D eigenvalue weighted by Gasteiger charge is 2.16. The van der Waals surface area contributed by atoms with Gasteiger partial charge in [0.25, 0.3) is 5.69 Å². The van der Waals surface area contributed by atoms with E-state index in [1.165, 1.54) is 25.3 Å². The average Bonchev–Trinajstić information content (AvgIpc) is 2.16. The summed E-state index contributed by atoms with van der Waals surface area (Å²) in [6, 6.07) is 4.24. The SMILES string of the molecule is COc1ccc([N+](=O)[O-])c(C(N)=S)c1. The molecule has 2 N–H and O–H groups in total. The third kappa shape index (κ3) is 1.97. The van der Waals surface area contributed by atoms with Crippen molar-refractivity contribution in [1.82, 2.24) is 0 Å². The van der Waals surface area contributed by atoms with E-state index in [1.54, 1.807) is 0 Å². The molecular weight excluding hydrogens is 204 g/mol. The molecule has 0 radical (unpaired) electrons. The summed E-state index contributed by atoms with van der Waals surface area (Å²) >= 11 is 4.69. The van der Waals surface area contributed by atoms with Crippen LogP contribution in [-0.2, 0) is 0 Å². The lowest BCUT2D eigenvalue weighted by molar-refractivity contribution is -0.385. The van der Waals surface area contributed by atoms with Gasteiger partial charge >= 0.3 is 0 Å². The number of benzene rings is 1. The molecule has 0 atom stereocenters. The van der Waals surface area contributed by atoms with Crippen LogP contribution in [0.5, 0.6) is 5.75 Å². The van der Waals surface area contributed by atoms with E-state index in [-0.39, 0.29) is 16.2 Å². The fourth-order valence-corrected chi connectivity index (χ4v) is 1.16. The number of nitro benzene ring substituents is 1. The summed E-state index contributed by atoms with van der Waals surface area (Å²) in [4.78, 5) is 10.0. The van der Waals surface area contributed by atoms with E-state index in [9.17, 15) is 10.1 Å². The van der Waals surface area contributed by atoms with Crippen molar-refractivity contribution in [1.29, 1.82) is 0 Å². The Morgan fingerprint density at radius 1 is 1.64 bits per heavy atom. The van der Waals surface area contributed by atoms with Crippen LogP contribution in [0.3, 0.4) is 0 Å². The first-order chi connectivity index (χ1) is 6.56. The van der Waals surface area contributed by atoms with Crippen molar-refractivity contribution in [2.45, 2.75) is 0 Å². The van der Waals surface area contributed by atoms with Crippen LogP contribution in [0.25, 0.3) is 0 Å². The highest BCUT2D eigenvalue weighted by Crippen LogP contribution is 2.23. The number of methoxy groups -OCH3 is 1. The molecule has 1 aromatic carbocycles. The van der Waals surface area contributed by atoms with Crippen molar-refractivity contribution in [3.63, 3.8) is 0 Å². The van der Waals surface area contributed by atoms with Gasteiger partial charge in [0.05, 0.1) is 17.6 Å². The minimum atomic E-state index is -0.534. The van der Waals surface area contributed by atoms with Crippen molar-refractivity contribution in [3.05, 3.63) is 33.9 Å². The number of hydrogen-bond acceptors (Lipinski definition) is 4. The zero-order chi connectivity index (χ0) is 10.7. The normalized spacial score (nSPS) is 9.50. The van der Waals surface area contributed by atoms with Gasteiger partial charge in [0.1, 0.15) is 10.7 Å². The number of ether oxygens (including phenoxy) is 1. The fourth-order valence-electron chi connectivity index (χ4n) is 0.999. The van der Waals surface area contributed by atoms with Crippen molar-refractivity contribution in [3.8, 4) is 5.75 Å². The van der Waals surface area contributed by atoms with Crippen LogP contribution in [0.1, 0.15) is 5.56 Å². The van der Waals surface area contributed by atoms with E-state index in [1.807, 2.05) is 0 Å². The van der Waals surface area contributed by atoms with Gasteiger partial charge in [-0.15, -0.1) is 0 Å². The zero-order valence-electron chi connectivity index (χ0n) is 7.39. The molecule has 0 amide bonds. The number of nitrogens with two attached hydrogens (primary N) is 1. The maximum Gasteiger partial charge on any atom is 0.279 e. The number of thiocarbonyl (C=S) groups is 1. The van der Waals surface area contributed by atoms with Gasteiger partial charge in [-0.25, -0.2) is 0 Å². The van der Waals surface area contributed by atoms with E-state index >= 15 is 0 Å². The maximum absolute atomic E-state index is 10.6. The van der Waals surface area contributed by atoms with Gasteiger partial charge in [0.15, 0.2) is 0 Å². The third-order valence-electron chi connectivity index (χ3n) is 1.67. The topological polar surface area (TPSA) is 78.4 Å². The number of rotatable bonds is 3. The van der Waals surface area contributed by atoms with Gasteiger partial charge in [-0.3, -0.25) is 10.1 Å². The van der Waals surface area contributed by atoms with Gasteiger partial charge in [0.2, 0.25) is 0 Å². The number of nitrogens with zero attached hydrogens (tertiary/aromatic N) is 1. The van der Waals surface area contributed by atoms with Crippen LogP contribution in [-0.4, -0.2) is 17.0 Å². The van der Waals surface area contributed by atoms with Crippen molar-refractivity contribution >= 4 is 22.9 Å².